The van der Waals surface area contributed by atoms with Crippen LogP contribution in [0.3, 0.4) is 0 Å². The summed E-state index contributed by atoms with van der Waals surface area (Å²) in [5, 5.41) is 13.8. The van der Waals surface area contributed by atoms with Gasteiger partial charge in [-0.2, -0.15) is 0 Å². The zero-order chi connectivity index (χ0) is 20.0. The van der Waals surface area contributed by atoms with E-state index in [9.17, 15) is 9.90 Å². The van der Waals surface area contributed by atoms with Crippen LogP contribution in [0.4, 0.5) is 0 Å². The highest BCUT2D eigenvalue weighted by Gasteiger charge is 2.16. The molecule has 2 aromatic heterocycles. The van der Waals surface area contributed by atoms with Gasteiger partial charge < -0.3 is 9.67 Å². The molecule has 5 aromatic rings. The first-order valence-corrected chi connectivity index (χ1v) is 9.73. The van der Waals surface area contributed by atoms with Crippen LogP contribution >= 0.6 is 0 Å². The van der Waals surface area contributed by atoms with E-state index < -0.39 is 6.10 Å². The van der Waals surface area contributed by atoms with Gasteiger partial charge >= 0.3 is 0 Å². The maximum atomic E-state index is 12.9. The summed E-state index contributed by atoms with van der Waals surface area (Å²) >= 11 is 0. The highest BCUT2D eigenvalue weighted by atomic mass is 16.3. The lowest BCUT2D eigenvalue weighted by molar-refractivity contribution is 0.135. The molecule has 144 valence electrons. The van der Waals surface area contributed by atoms with Crippen molar-refractivity contribution in [3.63, 3.8) is 0 Å². The summed E-state index contributed by atoms with van der Waals surface area (Å²) in [6, 6.07) is 23.7. The summed E-state index contributed by atoms with van der Waals surface area (Å²) in [6.45, 7) is 2.40. The molecule has 0 spiro atoms. The molecule has 0 aliphatic carbocycles. The largest absolute Gasteiger partial charge is 0.389 e. The Labute approximate surface area is 167 Å². The highest BCUT2D eigenvalue weighted by molar-refractivity contribution is 6.07. The third-order valence-electron chi connectivity index (χ3n) is 5.52. The van der Waals surface area contributed by atoms with E-state index in [1.165, 1.54) is 0 Å². The molecule has 0 saturated carbocycles. The van der Waals surface area contributed by atoms with Gasteiger partial charge in [0.1, 0.15) is 5.82 Å². The molecule has 0 amide bonds. The molecule has 0 aliphatic heterocycles. The Morgan fingerprint density at radius 1 is 0.793 bits per heavy atom. The number of hydrogen-bond donors (Lipinski definition) is 1. The number of aliphatic hydroxyl groups excluding tert-OH is 1. The van der Waals surface area contributed by atoms with Crippen LogP contribution in [0, 0.1) is 6.92 Å². The summed E-state index contributed by atoms with van der Waals surface area (Å²) in [4.78, 5) is 17.4. The van der Waals surface area contributed by atoms with Crippen molar-refractivity contribution in [2.24, 2.45) is 0 Å². The fourth-order valence-electron chi connectivity index (χ4n) is 4.17. The van der Waals surface area contributed by atoms with E-state index >= 15 is 0 Å². The molecular weight excluding hydrogens is 362 g/mol. The van der Waals surface area contributed by atoms with Crippen LogP contribution in [0.5, 0.6) is 0 Å². The molecule has 5 nitrogen and oxygen atoms in total. The molecule has 5 heteroatoms. The Morgan fingerprint density at radius 3 is 1.97 bits per heavy atom. The number of aromatic nitrogens is 3. The van der Waals surface area contributed by atoms with Crippen LogP contribution in [-0.4, -0.2) is 25.3 Å². The molecule has 0 aliphatic rings. The number of fused-ring (bicyclic) bond motifs is 4. The Kier molecular flexibility index (Phi) is 4.18. The number of hydrogen-bond acceptors (Lipinski definition) is 3. The lowest BCUT2D eigenvalue weighted by Crippen LogP contribution is -2.31. The fraction of sp³-hybridized carbons (Fsp3) is 0.167. The van der Waals surface area contributed by atoms with Crippen LogP contribution in [0.2, 0.25) is 0 Å². The van der Waals surface area contributed by atoms with Crippen molar-refractivity contribution in [3.8, 4) is 0 Å². The minimum atomic E-state index is -0.728. The SMILES string of the molecule is Cc1nc2ccccc2c(=O)n1C[C@H](O)Cn1c2ccccc2c2ccccc21. The molecule has 0 saturated heterocycles. The molecule has 3 aromatic carbocycles. The van der Waals surface area contributed by atoms with Gasteiger partial charge in [-0.15, -0.1) is 0 Å². The quantitative estimate of drug-likeness (QED) is 0.512. The van der Waals surface area contributed by atoms with E-state index in [4.69, 9.17) is 0 Å². The van der Waals surface area contributed by atoms with Crippen molar-refractivity contribution in [2.75, 3.05) is 0 Å². The van der Waals surface area contributed by atoms with E-state index in [1.54, 1.807) is 17.6 Å². The van der Waals surface area contributed by atoms with Crippen LogP contribution < -0.4 is 5.56 Å². The van der Waals surface area contributed by atoms with Gasteiger partial charge in [-0.1, -0.05) is 48.5 Å². The molecule has 5 rings (SSSR count). The molecule has 2 heterocycles. The minimum absolute atomic E-state index is 0.116. The van der Waals surface area contributed by atoms with Crippen molar-refractivity contribution in [3.05, 3.63) is 89.0 Å². The van der Waals surface area contributed by atoms with E-state index in [0.717, 1.165) is 21.8 Å². The average molecular weight is 383 g/mol. The first-order valence-electron chi connectivity index (χ1n) is 9.73. The Balaban J connectivity index is 1.54. The molecule has 0 unspecified atom stereocenters. The molecular formula is C24H21N3O2. The standard InChI is InChI=1S/C24H21N3O2/c1-16-25-21-11-5-2-10-20(21)24(29)26(16)14-17(28)15-27-22-12-6-3-8-18(22)19-9-4-7-13-23(19)27/h2-13,17,28H,14-15H2,1H3/t17-/m0/s1. The second-order valence-corrected chi connectivity index (χ2v) is 7.39. The van der Waals surface area contributed by atoms with Gasteiger partial charge in [-0.05, 0) is 31.2 Å². The number of rotatable bonds is 4. The number of benzene rings is 3. The lowest BCUT2D eigenvalue weighted by atomic mass is 10.2. The van der Waals surface area contributed by atoms with Gasteiger partial charge in [0.2, 0.25) is 0 Å². The summed E-state index contributed by atoms with van der Waals surface area (Å²) in [6.07, 6.45) is -0.728. The van der Waals surface area contributed by atoms with Crippen LogP contribution in [0.15, 0.2) is 77.6 Å². The van der Waals surface area contributed by atoms with E-state index in [1.807, 2.05) is 42.5 Å². The summed E-state index contributed by atoms with van der Waals surface area (Å²) in [7, 11) is 0. The monoisotopic (exact) mass is 383 g/mol. The molecule has 0 bridgehead atoms. The Morgan fingerprint density at radius 2 is 1.31 bits per heavy atom. The number of para-hydroxylation sites is 3. The smallest absolute Gasteiger partial charge is 0.261 e. The third kappa shape index (κ3) is 2.91. The van der Waals surface area contributed by atoms with Crippen LogP contribution in [0.25, 0.3) is 32.7 Å². The first kappa shape index (κ1) is 17.6. The average Bonchev–Trinajstić information content (AvgIpc) is 3.05. The summed E-state index contributed by atoms with van der Waals surface area (Å²) < 4.78 is 3.70. The van der Waals surface area contributed by atoms with Crippen molar-refractivity contribution in [1.29, 1.82) is 0 Å². The Bertz CT molecular complexity index is 1360. The van der Waals surface area contributed by atoms with Gasteiger partial charge in [0.15, 0.2) is 0 Å². The molecule has 1 N–H and O–H groups in total. The number of nitrogens with zero attached hydrogens (tertiary/aromatic N) is 3. The van der Waals surface area contributed by atoms with Crippen LogP contribution in [0.1, 0.15) is 5.82 Å². The topological polar surface area (TPSA) is 60.1 Å². The maximum Gasteiger partial charge on any atom is 0.261 e. The van der Waals surface area contributed by atoms with Crippen molar-refractivity contribution in [2.45, 2.75) is 26.1 Å². The minimum Gasteiger partial charge on any atom is -0.389 e. The molecule has 29 heavy (non-hydrogen) atoms. The second-order valence-electron chi connectivity index (χ2n) is 7.39. The predicted molar refractivity (Wildman–Crippen MR) is 116 cm³/mol. The second kappa shape index (κ2) is 6.87. The van der Waals surface area contributed by atoms with Crippen LogP contribution in [-0.2, 0) is 13.1 Å². The van der Waals surface area contributed by atoms with E-state index in [2.05, 4.69) is 33.8 Å². The fourth-order valence-corrected chi connectivity index (χ4v) is 4.17. The van der Waals surface area contributed by atoms with Gasteiger partial charge in [0, 0.05) is 21.8 Å². The predicted octanol–water partition coefficient (Wildman–Crippen LogP) is 3.87. The summed E-state index contributed by atoms with van der Waals surface area (Å²) in [5.41, 5.74) is 2.72. The third-order valence-corrected chi connectivity index (χ3v) is 5.52. The maximum absolute atomic E-state index is 12.9. The molecule has 0 fully saturated rings. The Hall–Kier alpha value is -3.44. The zero-order valence-corrected chi connectivity index (χ0v) is 16.1. The van der Waals surface area contributed by atoms with Gasteiger partial charge in [-0.25, -0.2) is 4.98 Å². The van der Waals surface area contributed by atoms with Gasteiger partial charge in [-0.3, -0.25) is 9.36 Å². The van der Waals surface area contributed by atoms with Gasteiger partial charge in [0.05, 0.1) is 30.1 Å². The molecule has 0 radical (unpaired) electrons. The normalized spacial score (nSPS) is 12.8. The van der Waals surface area contributed by atoms with Gasteiger partial charge in [0.25, 0.3) is 5.56 Å². The lowest BCUT2D eigenvalue weighted by Gasteiger charge is -2.17. The van der Waals surface area contributed by atoms with Crippen molar-refractivity contribution >= 4 is 32.7 Å². The van der Waals surface area contributed by atoms with E-state index in [0.29, 0.717) is 23.3 Å². The first-order chi connectivity index (χ1) is 14.1. The highest BCUT2D eigenvalue weighted by Crippen LogP contribution is 2.28. The summed E-state index contributed by atoms with van der Waals surface area (Å²) in [5.74, 6) is 0.606. The number of aryl methyl sites for hydroxylation is 1. The van der Waals surface area contributed by atoms with E-state index in [-0.39, 0.29) is 12.1 Å². The van der Waals surface area contributed by atoms with Crippen molar-refractivity contribution < 1.29 is 5.11 Å². The molecule has 1 atom stereocenters. The van der Waals surface area contributed by atoms with Crippen molar-refractivity contribution in [1.82, 2.24) is 14.1 Å². The number of aliphatic hydroxyl groups is 1. The zero-order valence-electron chi connectivity index (χ0n) is 16.1.